The van der Waals surface area contributed by atoms with Crippen molar-refractivity contribution in [3.05, 3.63) is 0 Å². The van der Waals surface area contributed by atoms with Gasteiger partial charge in [-0.3, -0.25) is 4.79 Å². The van der Waals surface area contributed by atoms with Gasteiger partial charge in [0.25, 0.3) is 0 Å². The van der Waals surface area contributed by atoms with Crippen molar-refractivity contribution < 1.29 is 19.4 Å². The van der Waals surface area contributed by atoms with Crippen LogP contribution in [0.25, 0.3) is 0 Å². The quantitative estimate of drug-likeness (QED) is 0.712. The molecule has 76 valence electrons. The predicted molar refractivity (Wildman–Crippen MR) is 46.6 cm³/mol. The summed E-state index contributed by atoms with van der Waals surface area (Å²) in [4.78, 5) is 10.5. The number of aliphatic carboxylic acids is 1. The molecule has 1 saturated heterocycles. The summed E-state index contributed by atoms with van der Waals surface area (Å²) in [6.07, 6.45) is 0.945. The van der Waals surface area contributed by atoms with Crippen LogP contribution in [0.3, 0.4) is 0 Å². The molecule has 4 heteroatoms. The molecule has 2 atom stereocenters. The number of carboxylic acid groups (broad SMARTS) is 1. The maximum Gasteiger partial charge on any atom is 0.303 e. The summed E-state index contributed by atoms with van der Waals surface area (Å²) in [5, 5.41) is 8.66. The lowest BCUT2D eigenvalue weighted by molar-refractivity contribution is -0.143. The van der Waals surface area contributed by atoms with Gasteiger partial charge in [0.1, 0.15) is 0 Å². The largest absolute Gasteiger partial charge is 0.481 e. The fourth-order valence-corrected chi connectivity index (χ4v) is 1.61. The zero-order chi connectivity index (χ0) is 9.68. The van der Waals surface area contributed by atoms with E-state index in [2.05, 4.69) is 0 Å². The number of carboxylic acids is 1. The molecule has 1 aliphatic heterocycles. The minimum Gasteiger partial charge on any atom is -0.481 e. The van der Waals surface area contributed by atoms with Crippen LogP contribution in [-0.2, 0) is 14.3 Å². The summed E-state index contributed by atoms with van der Waals surface area (Å²) in [5.41, 5.74) is 0. The molecule has 4 nitrogen and oxygen atoms in total. The first kappa shape index (κ1) is 10.5. The molecule has 1 N–H and O–H groups in total. The van der Waals surface area contributed by atoms with Gasteiger partial charge in [-0.05, 0) is 19.3 Å². The van der Waals surface area contributed by atoms with Crippen LogP contribution in [0.2, 0.25) is 0 Å². The summed E-state index contributed by atoms with van der Waals surface area (Å²) >= 11 is 0. The van der Waals surface area contributed by atoms with Gasteiger partial charge >= 0.3 is 5.97 Å². The molecule has 1 fully saturated rings. The first-order valence-corrected chi connectivity index (χ1v) is 4.65. The molecule has 0 radical (unpaired) electrons. The molecular weight excluding hydrogens is 172 g/mol. The summed E-state index contributed by atoms with van der Waals surface area (Å²) < 4.78 is 10.6. The van der Waals surface area contributed by atoms with Crippen LogP contribution < -0.4 is 0 Å². The zero-order valence-electron chi connectivity index (χ0n) is 7.86. The molecule has 0 spiro atoms. The van der Waals surface area contributed by atoms with E-state index in [0.717, 1.165) is 6.42 Å². The number of rotatable bonds is 4. The molecule has 13 heavy (non-hydrogen) atoms. The molecule has 0 aromatic heterocycles. The average Bonchev–Trinajstić information content (AvgIpc) is 2.08. The molecule has 0 unspecified atom stereocenters. The number of hydrogen-bond donors (Lipinski definition) is 1. The third kappa shape index (κ3) is 3.32. The van der Waals surface area contributed by atoms with Crippen molar-refractivity contribution in [2.45, 2.75) is 25.9 Å². The first-order valence-electron chi connectivity index (χ1n) is 4.65. The Balaban J connectivity index is 2.41. The Morgan fingerprint density at radius 1 is 1.69 bits per heavy atom. The van der Waals surface area contributed by atoms with Crippen LogP contribution in [0.5, 0.6) is 0 Å². The van der Waals surface area contributed by atoms with Gasteiger partial charge in [0.2, 0.25) is 0 Å². The third-order valence-corrected chi connectivity index (χ3v) is 2.26. The Morgan fingerprint density at radius 2 is 2.46 bits per heavy atom. The molecule has 0 aliphatic carbocycles. The molecule has 0 bridgehead atoms. The topological polar surface area (TPSA) is 55.8 Å². The van der Waals surface area contributed by atoms with E-state index in [0.29, 0.717) is 19.8 Å². The van der Waals surface area contributed by atoms with Crippen LogP contribution in [0, 0.1) is 5.92 Å². The summed E-state index contributed by atoms with van der Waals surface area (Å²) in [5.74, 6) is -0.636. The van der Waals surface area contributed by atoms with Crippen LogP contribution in [0.15, 0.2) is 0 Å². The lowest BCUT2D eigenvalue weighted by Gasteiger charge is -2.30. The molecule has 1 aliphatic rings. The maximum atomic E-state index is 10.5. The Bertz CT molecular complexity index is 167. The molecular formula is C9H16O4. The Kier molecular flexibility index (Phi) is 4.18. The second kappa shape index (κ2) is 5.19. The van der Waals surface area contributed by atoms with Gasteiger partial charge in [-0.25, -0.2) is 0 Å². The second-order valence-corrected chi connectivity index (χ2v) is 3.22. The number of carbonyl (C=O) groups is 1. The van der Waals surface area contributed by atoms with Crippen molar-refractivity contribution in [2.24, 2.45) is 5.92 Å². The molecule has 0 amide bonds. The molecule has 1 rings (SSSR count). The average molecular weight is 188 g/mol. The fraction of sp³-hybridized carbons (Fsp3) is 0.889. The smallest absolute Gasteiger partial charge is 0.303 e. The highest BCUT2D eigenvalue weighted by molar-refractivity contribution is 5.67. The van der Waals surface area contributed by atoms with Gasteiger partial charge in [-0.2, -0.15) is 0 Å². The zero-order valence-corrected chi connectivity index (χ0v) is 7.86. The summed E-state index contributed by atoms with van der Waals surface area (Å²) in [6, 6.07) is 0. The normalized spacial score (nSPS) is 28.7. The minimum atomic E-state index is -0.753. The summed E-state index contributed by atoms with van der Waals surface area (Å²) in [6.45, 7) is 3.71. The van der Waals surface area contributed by atoms with Crippen molar-refractivity contribution in [1.29, 1.82) is 0 Å². The third-order valence-electron chi connectivity index (χ3n) is 2.26. The van der Waals surface area contributed by atoms with Gasteiger partial charge in [0.05, 0.1) is 19.1 Å². The second-order valence-electron chi connectivity index (χ2n) is 3.22. The van der Waals surface area contributed by atoms with Crippen molar-refractivity contribution in [3.8, 4) is 0 Å². The van der Waals surface area contributed by atoms with Crippen molar-refractivity contribution >= 4 is 5.97 Å². The lowest BCUT2D eigenvalue weighted by Crippen LogP contribution is -2.36. The maximum absolute atomic E-state index is 10.5. The minimum absolute atomic E-state index is 0.0325. The highest BCUT2D eigenvalue weighted by atomic mass is 16.5. The number of ether oxygens (including phenoxy) is 2. The van der Waals surface area contributed by atoms with Gasteiger partial charge in [0.15, 0.2) is 0 Å². The van der Waals surface area contributed by atoms with Crippen LogP contribution in [0.1, 0.15) is 19.8 Å². The van der Waals surface area contributed by atoms with E-state index in [1.54, 1.807) is 0 Å². The van der Waals surface area contributed by atoms with Crippen molar-refractivity contribution in [2.75, 3.05) is 19.8 Å². The lowest BCUT2D eigenvalue weighted by atomic mass is 9.94. The number of hydrogen-bond acceptors (Lipinski definition) is 3. The standard InChI is InChI=1S/C9H16O4/c1-2-13-8-6-12-4-3-7(8)5-9(10)11/h7-8H,2-6H2,1H3,(H,10,11)/t7-,8+/m0/s1. The van der Waals surface area contributed by atoms with Crippen molar-refractivity contribution in [1.82, 2.24) is 0 Å². The Morgan fingerprint density at radius 3 is 3.08 bits per heavy atom. The van der Waals surface area contributed by atoms with E-state index in [4.69, 9.17) is 14.6 Å². The molecule has 0 saturated carbocycles. The van der Waals surface area contributed by atoms with E-state index in [9.17, 15) is 4.79 Å². The SMILES string of the molecule is CCO[C@@H]1COCC[C@H]1CC(=O)O. The van der Waals surface area contributed by atoms with E-state index in [1.165, 1.54) is 0 Å². The summed E-state index contributed by atoms with van der Waals surface area (Å²) in [7, 11) is 0. The first-order chi connectivity index (χ1) is 6.24. The monoisotopic (exact) mass is 188 g/mol. The molecule has 0 aromatic rings. The van der Waals surface area contributed by atoms with E-state index >= 15 is 0 Å². The van der Waals surface area contributed by atoms with Crippen LogP contribution >= 0.6 is 0 Å². The van der Waals surface area contributed by atoms with Gasteiger partial charge < -0.3 is 14.6 Å². The van der Waals surface area contributed by atoms with Crippen LogP contribution in [0.4, 0.5) is 0 Å². The highest BCUT2D eigenvalue weighted by Gasteiger charge is 2.27. The Hall–Kier alpha value is -0.610. The molecule has 1 heterocycles. The highest BCUT2D eigenvalue weighted by Crippen LogP contribution is 2.21. The van der Waals surface area contributed by atoms with E-state index in [-0.39, 0.29) is 18.4 Å². The van der Waals surface area contributed by atoms with Crippen molar-refractivity contribution in [3.63, 3.8) is 0 Å². The fourth-order valence-electron chi connectivity index (χ4n) is 1.61. The Labute approximate surface area is 77.8 Å². The van der Waals surface area contributed by atoms with Gasteiger partial charge in [0, 0.05) is 13.2 Å². The molecule has 0 aromatic carbocycles. The van der Waals surface area contributed by atoms with E-state index < -0.39 is 5.97 Å². The van der Waals surface area contributed by atoms with Crippen LogP contribution in [-0.4, -0.2) is 37.0 Å². The van der Waals surface area contributed by atoms with Gasteiger partial charge in [-0.1, -0.05) is 0 Å². The van der Waals surface area contributed by atoms with Gasteiger partial charge in [-0.15, -0.1) is 0 Å². The van der Waals surface area contributed by atoms with E-state index in [1.807, 2.05) is 6.92 Å². The predicted octanol–water partition coefficient (Wildman–Crippen LogP) is 0.903.